The molecule has 0 aromatic heterocycles. The fraction of sp³-hybridized carbons (Fsp3) is 0.500. The molecule has 1 aliphatic heterocycles. The molecule has 1 aliphatic carbocycles. The second kappa shape index (κ2) is 6.26. The summed E-state index contributed by atoms with van der Waals surface area (Å²) in [6.07, 6.45) is 4.92. The third-order valence-electron chi connectivity index (χ3n) is 4.29. The van der Waals surface area contributed by atoms with Gasteiger partial charge in [0.1, 0.15) is 0 Å². The van der Waals surface area contributed by atoms with Crippen LogP contribution in [0.4, 0.5) is 0 Å². The maximum absolute atomic E-state index is 12.6. The van der Waals surface area contributed by atoms with Crippen molar-refractivity contribution in [3.8, 4) is 0 Å². The summed E-state index contributed by atoms with van der Waals surface area (Å²) in [4.78, 5) is 24.9. The third kappa shape index (κ3) is 3.08. The number of hydrogen-bond acceptors (Lipinski definition) is 3. The molecule has 1 aromatic rings. The first-order valence-electron chi connectivity index (χ1n) is 7.68. The van der Waals surface area contributed by atoms with Crippen LogP contribution in [0.5, 0.6) is 0 Å². The van der Waals surface area contributed by atoms with Crippen LogP contribution in [0.15, 0.2) is 30.3 Å². The summed E-state index contributed by atoms with van der Waals surface area (Å²) in [5, 5.41) is 4.78. The zero-order valence-electron chi connectivity index (χ0n) is 12.0. The van der Waals surface area contributed by atoms with E-state index in [-0.39, 0.29) is 23.9 Å². The highest BCUT2D eigenvalue weighted by Gasteiger charge is 2.35. The Kier molecular flexibility index (Phi) is 4.20. The van der Waals surface area contributed by atoms with Crippen LogP contribution in [0.25, 0.3) is 0 Å². The third-order valence-corrected chi connectivity index (χ3v) is 4.29. The number of hydrogen-bond donors (Lipinski definition) is 2. The van der Waals surface area contributed by atoms with Crippen molar-refractivity contribution in [3.05, 3.63) is 35.9 Å². The van der Waals surface area contributed by atoms with Gasteiger partial charge in [-0.25, -0.2) is 5.01 Å². The van der Waals surface area contributed by atoms with Gasteiger partial charge in [-0.2, -0.15) is 0 Å². The Morgan fingerprint density at radius 3 is 2.43 bits per heavy atom. The fourth-order valence-electron chi connectivity index (χ4n) is 2.80. The minimum absolute atomic E-state index is 0.00137. The quantitative estimate of drug-likeness (QED) is 0.828. The van der Waals surface area contributed by atoms with Crippen molar-refractivity contribution in [2.24, 2.45) is 0 Å². The van der Waals surface area contributed by atoms with Crippen molar-refractivity contribution in [1.82, 2.24) is 15.8 Å². The summed E-state index contributed by atoms with van der Waals surface area (Å²) in [7, 11) is 0. The van der Waals surface area contributed by atoms with Crippen LogP contribution in [0, 0.1) is 0 Å². The predicted octanol–water partition coefficient (Wildman–Crippen LogP) is 1.46. The van der Waals surface area contributed by atoms with Gasteiger partial charge in [-0.3, -0.25) is 15.0 Å². The van der Waals surface area contributed by atoms with Gasteiger partial charge in [0.15, 0.2) is 0 Å². The van der Waals surface area contributed by atoms with E-state index >= 15 is 0 Å². The molecule has 21 heavy (non-hydrogen) atoms. The van der Waals surface area contributed by atoms with E-state index in [4.69, 9.17) is 0 Å². The molecule has 2 amide bonds. The number of nitrogens with one attached hydrogen (secondary N) is 2. The lowest BCUT2D eigenvalue weighted by Gasteiger charge is -2.38. The van der Waals surface area contributed by atoms with Crippen LogP contribution in [-0.4, -0.2) is 35.5 Å². The van der Waals surface area contributed by atoms with Gasteiger partial charge in [0.25, 0.3) is 11.8 Å². The monoisotopic (exact) mass is 287 g/mol. The average molecular weight is 287 g/mol. The molecule has 3 rings (SSSR count). The molecule has 5 nitrogen and oxygen atoms in total. The van der Waals surface area contributed by atoms with E-state index in [0.29, 0.717) is 5.56 Å². The molecule has 0 radical (unpaired) electrons. The standard InChI is InChI=1S/C16H21N3O2/c20-15(12-6-2-1-3-7-12)18-19(13-8-4-9-13)16(21)14-10-5-11-17-14/h1-3,6-7,13-14,17H,4-5,8-11H2,(H,18,20). The molecule has 2 fully saturated rings. The Balaban J connectivity index is 1.70. The number of carbonyl (C=O) groups excluding carboxylic acids is 2. The van der Waals surface area contributed by atoms with Gasteiger partial charge < -0.3 is 5.32 Å². The molecule has 112 valence electrons. The summed E-state index contributed by atoms with van der Waals surface area (Å²) in [5.41, 5.74) is 3.39. The molecule has 1 unspecified atom stereocenters. The molecule has 0 bridgehead atoms. The first-order chi connectivity index (χ1) is 10.3. The summed E-state index contributed by atoms with van der Waals surface area (Å²) in [5.74, 6) is -0.213. The number of carbonyl (C=O) groups is 2. The minimum Gasteiger partial charge on any atom is -0.306 e. The van der Waals surface area contributed by atoms with E-state index in [2.05, 4.69) is 10.7 Å². The molecule has 1 saturated heterocycles. The molecule has 0 spiro atoms. The van der Waals surface area contributed by atoms with Crippen LogP contribution < -0.4 is 10.7 Å². The van der Waals surface area contributed by atoms with E-state index in [0.717, 1.165) is 38.6 Å². The van der Waals surface area contributed by atoms with Gasteiger partial charge >= 0.3 is 0 Å². The Labute approximate surface area is 124 Å². The fourth-order valence-corrected chi connectivity index (χ4v) is 2.80. The minimum atomic E-state index is -0.214. The van der Waals surface area contributed by atoms with Gasteiger partial charge in [-0.05, 0) is 50.8 Å². The maximum Gasteiger partial charge on any atom is 0.269 e. The second-order valence-electron chi connectivity index (χ2n) is 5.75. The highest BCUT2D eigenvalue weighted by Crippen LogP contribution is 2.25. The van der Waals surface area contributed by atoms with E-state index in [1.54, 1.807) is 17.1 Å². The zero-order chi connectivity index (χ0) is 14.7. The van der Waals surface area contributed by atoms with Crippen LogP contribution in [-0.2, 0) is 4.79 Å². The van der Waals surface area contributed by atoms with Crippen molar-refractivity contribution in [2.75, 3.05) is 6.54 Å². The van der Waals surface area contributed by atoms with Crippen molar-refractivity contribution >= 4 is 11.8 Å². The highest BCUT2D eigenvalue weighted by molar-refractivity contribution is 5.96. The zero-order valence-corrected chi connectivity index (χ0v) is 12.0. The van der Waals surface area contributed by atoms with Crippen LogP contribution in [0.1, 0.15) is 42.5 Å². The summed E-state index contributed by atoms with van der Waals surface area (Å²) < 4.78 is 0. The highest BCUT2D eigenvalue weighted by atomic mass is 16.2. The number of hydrazine groups is 1. The van der Waals surface area contributed by atoms with Gasteiger partial charge in [0.05, 0.1) is 12.1 Å². The number of nitrogens with zero attached hydrogens (tertiary/aromatic N) is 1. The molecule has 5 heteroatoms. The smallest absolute Gasteiger partial charge is 0.269 e. The van der Waals surface area contributed by atoms with E-state index in [1.165, 1.54) is 0 Å². The Hall–Kier alpha value is -1.88. The lowest BCUT2D eigenvalue weighted by molar-refractivity contribution is -0.140. The molecular weight excluding hydrogens is 266 g/mol. The first kappa shape index (κ1) is 14.1. The van der Waals surface area contributed by atoms with Crippen molar-refractivity contribution < 1.29 is 9.59 Å². The number of benzene rings is 1. The molecular formula is C16H21N3O2. The lowest BCUT2D eigenvalue weighted by Crippen LogP contribution is -2.58. The van der Waals surface area contributed by atoms with E-state index in [1.807, 2.05) is 18.2 Å². The molecule has 1 aromatic carbocycles. The van der Waals surface area contributed by atoms with Gasteiger partial charge in [-0.1, -0.05) is 18.2 Å². The molecule has 1 atom stereocenters. The first-order valence-corrected chi connectivity index (χ1v) is 7.68. The van der Waals surface area contributed by atoms with Crippen LogP contribution >= 0.6 is 0 Å². The molecule has 1 heterocycles. The Morgan fingerprint density at radius 1 is 1.10 bits per heavy atom. The van der Waals surface area contributed by atoms with Gasteiger partial charge in [-0.15, -0.1) is 0 Å². The molecule has 2 N–H and O–H groups in total. The van der Waals surface area contributed by atoms with Crippen LogP contribution in [0.3, 0.4) is 0 Å². The van der Waals surface area contributed by atoms with Crippen molar-refractivity contribution in [1.29, 1.82) is 0 Å². The summed E-state index contributed by atoms with van der Waals surface area (Å²) >= 11 is 0. The van der Waals surface area contributed by atoms with Crippen LogP contribution in [0.2, 0.25) is 0 Å². The summed E-state index contributed by atoms with van der Waals surface area (Å²) in [6, 6.07) is 9.02. The molecule has 1 saturated carbocycles. The van der Waals surface area contributed by atoms with E-state index in [9.17, 15) is 9.59 Å². The maximum atomic E-state index is 12.6. The SMILES string of the molecule is O=C(NN(C(=O)C1CCCN1)C1CCC1)c1ccccc1. The largest absolute Gasteiger partial charge is 0.306 e. The predicted molar refractivity (Wildman–Crippen MR) is 79.4 cm³/mol. The van der Waals surface area contributed by atoms with Crippen molar-refractivity contribution in [3.63, 3.8) is 0 Å². The summed E-state index contributed by atoms with van der Waals surface area (Å²) in [6.45, 7) is 0.877. The Morgan fingerprint density at radius 2 is 1.86 bits per heavy atom. The lowest BCUT2D eigenvalue weighted by atomic mass is 9.92. The number of rotatable bonds is 3. The Bertz CT molecular complexity index is 508. The van der Waals surface area contributed by atoms with E-state index < -0.39 is 0 Å². The van der Waals surface area contributed by atoms with Gasteiger partial charge in [0.2, 0.25) is 0 Å². The number of amides is 2. The topological polar surface area (TPSA) is 61.4 Å². The van der Waals surface area contributed by atoms with Gasteiger partial charge in [0, 0.05) is 5.56 Å². The second-order valence-corrected chi connectivity index (χ2v) is 5.75. The van der Waals surface area contributed by atoms with Crippen molar-refractivity contribution in [2.45, 2.75) is 44.2 Å². The molecule has 2 aliphatic rings. The normalized spacial score (nSPS) is 21.6. The average Bonchev–Trinajstić information content (AvgIpc) is 2.99.